The highest BCUT2D eigenvalue weighted by Crippen LogP contribution is 2.15. The van der Waals surface area contributed by atoms with Crippen LogP contribution in [0.3, 0.4) is 0 Å². The number of nitrogens with zero attached hydrogens (tertiary/aromatic N) is 1. The molecule has 18 heavy (non-hydrogen) atoms. The predicted octanol–water partition coefficient (Wildman–Crippen LogP) is 0.572. The fourth-order valence-corrected chi connectivity index (χ4v) is 2.01. The van der Waals surface area contributed by atoms with Crippen molar-refractivity contribution in [1.29, 1.82) is 0 Å². The van der Waals surface area contributed by atoms with Gasteiger partial charge in [-0.05, 0) is 26.2 Å². The number of amides is 1. The van der Waals surface area contributed by atoms with Crippen LogP contribution in [-0.2, 0) is 9.53 Å². The first-order valence-corrected chi connectivity index (χ1v) is 6.52. The standard InChI is InChI=1S/C13H29N3O2/c1-10(2)9-16(6-7-18-5)11(3)8-13(4,15)12(14)17/h10-11H,6-9,15H2,1-5H3,(H2,14,17). The van der Waals surface area contributed by atoms with Gasteiger partial charge < -0.3 is 16.2 Å². The number of hydrogen-bond donors (Lipinski definition) is 2. The molecule has 0 aromatic heterocycles. The Morgan fingerprint density at radius 3 is 2.33 bits per heavy atom. The van der Waals surface area contributed by atoms with Crippen molar-refractivity contribution in [3.05, 3.63) is 0 Å². The van der Waals surface area contributed by atoms with Crippen molar-refractivity contribution in [3.63, 3.8) is 0 Å². The first-order chi connectivity index (χ1) is 8.20. The van der Waals surface area contributed by atoms with Crippen molar-refractivity contribution in [2.75, 3.05) is 26.8 Å². The topological polar surface area (TPSA) is 81.6 Å². The Kier molecular flexibility index (Phi) is 7.43. The third-order valence-corrected chi connectivity index (χ3v) is 3.09. The quantitative estimate of drug-likeness (QED) is 0.634. The molecule has 4 N–H and O–H groups in total. The molecule has 0 radical (unpaired) electrons. The molecule has 0 rings (SSSR count). The Hall–Kier alpha value is -0.650. The Bertz CT molecular complexity index is 255. The Labute approximate surface area is 111 Å². The molecule has 0 aromatic rings. The molecule has 0 aliphatic carbocycles. The minimum Gasteiger partial charge on any atom is -0.383 e. The van der Waals surface area contributed by atoms with E-state index in [0.717, 1.165) is 13.1 Å². The summed E-state index contributed by atoms with van der Waals surface area (Å²) in [7, 11) is 1.69. The van der Waals surface area contributed by atoms with Gasteiger partial charge in [-0.3, -0.25) is 9.69 Å². The largest absolute Gasteiger partial charge is 0.383 e. The molecule has 0 aliphatic heterocycles. The van der Waals surface area contributed by atoms with Gasteiger partial charge in [0.15, 0.2) is 0 Å². The van der Waals surface area contributed by atoms with Gasteiger partial charge in [0.05, 0.1) is 12.1 Å². The molecule has 0 fully saturated rings. The maximum Gasteiger partial charge on any atom is 0.237 e. The summed E-state index contributed by atoms with van der Waals surface area (Å²) >= 11 is 0. The van der Waals surface area contributed by atoms with E-state index in [9.17, 15) is 4.79 Å². The van der Waals surface area contributed by atoms with Crippen LogP contribution >= 0.6 is 0 Å². The summed E-state index contributed by atoms with van der Waals surface area (Å²) < 4.78 is 5.12. The van der Waals surface area contributed by atoms with E-state index in [1.165, 1.54) is 0 Å². The van der Waals surface area contributed by atoms with E-state index in [2.05, 4.69) is 25.7 Å². The maximum absolute atomic E-state index is 11.3. The number of ether oxygens (including phenoxy) is 1. The maximum atomic E-state index is 11.3. The predicted molar refractivity (Wildman–Crippen MR) is 74.2 cm³/mol. The van der Waals surface area contributed by atoms with E-state index in [0.29, 0.717) is 18.9 Å². The van der Waals surface area contributed by atoms with Gasteiger partial charge in [0.1, 0.15) is 0 Å². The summed E-state index contributed by atoms with van der Waals surface area (Å²) in [4.78, 5) is 13.6. The first kappa shape index (κ1) is 17.4. The Balaban J connectivity index is 4.53. The van der Waals surface area contributed by atoms with E-state index < -0.39 is 11.4 Å². The molecule has 0 aromatic carbocycles. The van der Waals surface area contributed by atoms with Crippen molar-refractivity contribution in [3.8, 4) is 0 Å². The van der Waals surface area contributed by atoms with Crippen molar-refractivity contribution < 1.29 is 9.53 Å². The Morgan fingerprint density at radius 1 is 1.39 bits per heavy atom. The first-order valence-electron chi connectivity index (χ1n) is 6.52. The molecular weight excluding hydrogens is 230 g/mol. The number of carbonyl (C=O) groups excluding carboxylic acids is 1. The van der Waals surface area contributed by atoms with E-state index in [1.54, 1.807) is 14.0 Å². The Morgan fingerprint density at radius 2 is 1.94 bits per heavy atom. The lowest BCUT2D eigenvalue weighted by Gasteiger charge is -2.34. The summed E-state index contributed by atoms with van der Waals surface area (Å²) in [5, 5.41) is 0. The number of carbonyl (C=O) groups is 1. The van der Waals surface area contributed by atoms with E-state index in [4.69, 9.17) is 16.2 Å². The highest BCUT2D eigenvalue weighted by Gasteiger charge is 2.30. The molecular formula is C13H29N3O2. The molecule has 108 valence electrons. The van der Waals surface area contributed by atoms with Crippen LogP contribution in [-0.4, -0.2) is 49.2 Å². The number of methoxy groups -OCH3 is 1. The van der Waals surface area contributed by atoms with Crippen LogP contribution in [0.15, 0.2) is 0 Å². The molecule has 0 bridgehead atoms. The van der Waals surface area contributed by atoms with Crippen molar-refractivity contribution in [2.24, 2.45) is 17.4 Å². The van der Waals surface area contributed by atoms with Crippen LogP contribution in [0, 0.1) is 5.92 Å². The summed E-state index contributed by atoms with van der Waals surface area (Å²) in [5.41, 5.74) is 10.3. The second kappa shape index (κ2) is 7.71. The van der Waals surface area contributed by atoms with Crippen molar-refractivity contribution in [1.82, 2.24) is 4.90 Å². The van der Waals surface area contributed by atoms with Gasteiger partial charge in [0, 0.05) is 26.2 Å². The van der Waals surface area contributed by atoms with Gasteiger partial charge in [-0.25, -0.2) is 0 Å². The SMILES string of the molecule is COCCN(CC(C)C)C(C)CC(C)(N)C(N)=O. The molecule has 5 heteroatoms. The van der Waals surface area contributed by atoms with Crippen LogP contribution in [0.4, 0.5) is 0 Å². The van der Waals surface area contributed by atoms with Gasteiger partial charge in [-0.15, -0.1) is 0 Å². The van der Waals surface area contributed by atoms with E-state index >= 15 is 0 Å². The minimum atomic E-state index is -0.957. The number of primary amides is 1. The van der Waals surface area contributed by atoms with Crippen LogP contribution < -0.4 is 11.5 Å². The summed E-state index contributed by atoms with van der Waals surface area (Å²) in [6, 6.07) is 0.199. The molecule has 2 unspecified atom stereocenters. The van der Waals surface area contributed by atoms with Crippen LogP contribution in [0.2, 0.25) is 0 Å². The zero-order valence-corrected chi connectivity index (χ0v) is 12.4. The summed E-state index contributed by atoms with van der Waals surface area (Å²) in [6.45, 7) is 10.6. The smallest absolute Gasteiger partial charge is 0.237 e. The fraction of sp³-hybridized carbons (Fsp3) is 0.923. The number of rotatable bonds is 9. The van der Waals surface area contributed by atoms with Gasteiger partial charge in [-0.1, -0.05) is 13.8 Å². The molecule has 0 spiro atoms. The average molecular weight is 259 g/mol. The molecule has 0 saturated heterocycles. The van der Waals surface area contributed by atoms with Crippen molar-refractivity contribution >= 4 is 5.91 Å². The molecule has 5 nitrogen and oxygen atoms in total. The normalized spacial score (nSPS) is 16.9. The average Bonchev–Trinajstić information content (AvgIpc) is 2.22. The zero-order valence-electron chi connectivity index (χ0n) is 12.4. The van der Waals surface area contributed by atoms with Gasteiger partial charge in [0.2, 0.25) is 5.91 Å². The summed E-state index contributed by atoms with van der Waals surface area (Å²) in [5.74, 6) is 0.104. The lowest BCUT2D eigenvalue weighted by molar-refractivity contribution is -0.123. The lowest BCUT2D eigenvalue weighted by atomic mass is 9.93. The number of nitrogens with two attached hydrogens (primary N) is 2. The van der Waals surface area contributed by atoms with Gasteiger partial charge >= 0.3 is 0 Å². The highest BCUT2D eigenvalue weighted by atomic mass is 16.5. The highest BCUT2D eigenvalue weighted by molar-refractivity contribution is 5.83. The van der Waals surface area contributed by atoms with Crippen LogP contribution in [0.5, 0.6) is 0 Å². The van der Waals surface area contributed by atoms with Crippen LogP contribution in [0.25, 0.3) is 0 Å². The van der Waals surface area contributed by atoms with E-state index in [-0.39, 0.29) is 6.04 Å². The van der Waals surface area contributed by atoms with E-state index in [1.807, 2.05) is 0 Å². The fourth-order valence-electron chi connectivity index (χ4n) is 2.01. The van der Waals surface area contributed by atoms with Gasteiger partial charge in [0.25, 0.3) is 0 Å². The third-order valence-electron chi connectivity index (χ3n) is 3.09. The lowest BCUT2D eigenvalue weighted by Crippen LogP contribution is -2.54. The number of hydrogen-bond acceptors (Lipinski definition) is 4. The zero-order chi connectivity index (χ0) is 14.3. The second-order valence-corrected chi connectivity index (χ2v) is 5.72. The molecule has 0 heterocycles. The third kappa shape index (κ3) is 6.33. The summed E-state index contributed by atoms with van der Waals surface area (Å²) in [6.07, 6.45) is 0.554. The van der Waals surface area contributed by atoms with Crippen molar-refractivity contribution in [2.45, 2.75) is 45.7 Å². The van der Waals surface area contributed by atoms with Gasteiger partial charge in [-0.2, -0.15) is 0 Å². The molecule has 1 amide bonds. The molecule has 0 saturated carbocycles. The van der Waals surface area contributed by atoms with Crippen LogP contribution in [0.1, 0.15) is 34.1 Å². The monoisotopic (exact) mass is 259 g/mol. The minimum absolute atomic E-state index is 0.199. The molecule has 2 atom stereocenters. The molecule has 0 aliphatic rings. The second-order valence-electron chi connectivity index (χ2n) is 5.72.